The molecule has 2 aromatic rings. The van der Waals surface area contributed by atoms with Gasteiger partial charge in [-0.25, -0.2) is 12.8 Å². The summed E-state index contributed by atoms with van der Waals surface area (Å²) in [6.07, 6.45) is 0.906. The van der Waals surface area contributed by atoms with E-state index in [4.69, 9.17) is 0 Å². The molecule has 1 saturated heterocycles. The highest BCUT2D eigenvalue weighted by molar-refractivity contribution is 7.91. The van der Waals surface area contributed by atoms with Gasteiger partial charge in [0.15, 0.2) is 0 Å². The largest absolute Gasteiger partial charge is 0.508 e. The first kappa shape index (κ1) is 17.7. The molecule has 1 aliphatic rings. The zero-order valence-corrected chi connectivity index (χ0v) is 13.8. The predicted molar refractivity (Wildman–Crippen MR) is 87.4 cm³/mol. The van der Waals surface area contributed by atoms with E-state index in [-0.39, 0.29) is 33.9 Å². The first-order valence-electron chi connectivity index (χ1n) is 7.03. The van der Waals surface area contributed by atoms with Gasteiger partial charge < -0.3 is 10.4 Å². The van der Waals surface area contributed by atoms with Gasteiger partial charge in [0.25, 0.3) is 0 Å². The molecule has 23 heavy (non-hydrogen) atoms. The number of hydrogen-bond acceptors (Lipinski definition) is 4. The highest BCUT2D eigenvalue weighted by Crippen LogP contribution is 2.33. The minimum Gasteiger partial charge on any atom is -0.508 e. The summed E-state index contributed by atoms with van der Waals surface area (Å²) in [7, 11) is -3.84. The van der Waals surface area contributed by atoms with Crippen molar-refractivity contribution >= 4 is 22.2 Å². The molecule has 0 aliphatic carbocycles. The van der Waals surface area contributed by atoms with Gasteiger partial charge in [0, 0.05) is 12.5 Å². The average molecular weight is 358 g/mol. The summed E-state index contributed by atoms with van der Waals surface area (Å²) >= 11 is 0. The van der Waals surface area contributed by atoms with Crippen LogP contribution in [-0.2, 0) is 9.84 Å². The molecule has 0 radical (unpaired) electrons. The Morgan fingerprint density at radius 2 is 1.87 bits per heavy atom. The lowest BCUT2D eigenvalue weighted by molar-refractivity contribution is 0.460. The fourth-order valence-corrected chi connectivity index (χ4v) is 4.04. The molecule has 2 aromatic carbocycles. The van der Waals surface area contributed by atoms with Crippen LogP contribution in [-0.4, -0.2) is 26.6 Å². The van der Waals surface area contributed by atoms with E-state index >= 15 is 0 Å². The van der Waals surface area contributed by atoms with E-state index < -0.39 is 15.7 Å². The van der Waals surface area contributed by atoms with Crippen LogP contribution in [0.2, 0.25) is 0 Å². The van der Waals surface area contributed by atoms with E-state index in [0.717, 1.165) is 31.1 Å². The molecule has 7 heteroatoms. The third-order valence-corrected chi connectivity index (χ3v) is 5.67. The van der Waals surface area contributed by atoms with Crippen molar-refractivity contribution in [2.75, 3.05) is 13.1 Å². The van der Waals surface area contributed by atoms with Gasteiger partial charge in [-0.2, -0.15) is 0 Å². The van der Waals surface area contributed by atoms with Crippen LogP contribution in [0.1, 0.15) is 17.9 Å². The second-order valence-corrected chi connectivity index (χ2v) is 7.32. The van der Waals surface area contributed by atoms with Crippen molar-refractivity contribution in [1.82, 2.24) is 5.32 Å². The first-order valence-corrected chi connectivity index (χ1v) is 8.51. The van der Waals surface area contributed by atoms with Gasteiger partial charge >= 0.3 is 0 Å². The van der Waals surface area contributed by atoms with Gasteiger partial charge in [0.2, 0.25) is 9.84 Å². The summed E-state index contributed by atoms with van der Waals surface area (Å²) in [5.74, 6) is -0.462. The Balaban J connectivity index is 0.00000192. The first-order chi connectivity index (χ1) is 10.5. The molecule has 3 rings (SSSR count). The zero-order valence-electron chi connectivity index (χ0n) is 12.2. The van der Waals surface area contributed by atoms with Gasteiger partial charge in [0.05, 0.1) is 9.79 Å². The van der Waals surface area contributed by atoms with Crippen LogP contribution in [0.5, 0.6) is 5.75 Å². The lowest BCUT2D eigenvalue weighted by atomic mass is 9.98. The lowest BCUT2D eigenvalue weighted by Gasteiger charge is -2.13. The van der Waals surface area contributed by atoms with Crippen LogP contribution in [0.3, 0.4) is 0 Å². The van der Waals surface area contributed by atoms with E-state index in [2.05, 4.69) is 5.32 Å². The Morgan fingerprint density at radius 3 is 2.48 bits per heavy atom. The molecule has 0 amide bonds. The average Bonchev–Trinajstić information content (AvgIpc) is 3.01. The molecule has 1 aliphatic heterocycles. The predicted octanol–water partition coefficient (Wildman–Crippen LogP) is 2.86. The number of phenolic OH excluding ortho intramolecular Hbond substituents is 1. The summed E-state index contributed by atoms with van der Waals surface area (Å²) in [4.78, 5) is -0.160. The number of nitrogens with one attached hydrogen (secondary N) is 1. The number of halogens is 2. The minimum atomic E-state index is -3.84. The highest BCUT2D eigenvalue weighted by atomic mass is 35.5. The number of hydrogen-bond donors (Lipinski definition) is 2. The summed E-state index contributed by atoms with van der Waals surface area (Å²) in [6.45, 7) is 1.65. The third kappa shape index (κ3) is 3.49. The number of aromatic hydroxyl groups is 1. The van der Waals surface area contributed by atoms with Crippen molar-refractivity contribution in [2.45, 2.75) is 22.1 Å². The third-order valence-electron chi connectivity index (χ3n) is 3.92. The van der Waals surface area contributed by atoms with Gasteiger partial charge in [-0.3, -0.25) is 0 Å². The second kappa shape index (κ2) is 6.86. The SMILES string of the molecule is Cl.O=S(=O)(c1cccc(F)c1)c1ccc(C2CCNC2)c(O)c1. The molecule has 1 atom stereocenters. The van der Waals surface area contributed by atoms with E-state index in [0.29, 0.717) is 0 Å². The molecule has 1 heterocycles. The minimum absolute atomic E-state index is 0. The van der Waals surface area contributed by atoms with E-state index in [1.165, 1.54) is 30.3 Å². The molecule has 0 saturated carbocycles. The van der Waals surface area contributed by atoms with Gasteiger partial charge in [-0.05, 0) is 48.9 Å². The van der Waals surface area contributed by atoms with Crippen molar-refractivity contribution in [3.05, 3.63) is 53.8 Å². The molecular weight excluding hydrogens is 341 g/mol. The quantitative estimate of drug-likeness (QED) is 0.886. The van der Waals surface area contributed by atoms with Crippen molar-refractivity contribution in [3.63, 3.8) is 0 Å². The van der Waals surface area contributed by atoms with Crippen LogP contribution in [0.15, 0.2) is 52.3 Å². The normalized spacial score (nSPS) is 17.7. The highest BCUT2D eigenvalue weighted by Gasteiger charge is 2.23. The molecule has 124 valence electrons. The summed E-state index contributed by atoms with van der Waals surface area (Å²) in [5, 5.41) is 13.4. The molecule has 1 unspecified atom stereocenters. The van der Waals surface area contributed by atoms with Crippen LogP contribution >= 0.6 is 12.4 Å². The zero-order chi connectivity index (χ0) is 15.7. The Hall–Kier alpha value is -1.63. The molecule has 1 fully saturated rings. The fraction of sp³-hybridized carbons (Fsp3) is 0.250. The maximum atomic E-state index is 13.2. The van der Waals surface area contributed by atoms with Gasteiger partial charge in [-0.1, -0.05) is 12.1 Å². The fourth-order valence-electron chi connectivity index (χ4n) is 2.73. The topological polar surface area (TPSA) is 66.4 Å². The number of sulfone groups is 1. The summed E-state index contributed by atoms with van der Waals surface area (Å²) < 4.78 is 38.2. The molecule has 0 aromatic heterocycles. The van der Waals surface area contributed by atoms with Crippen LogP contribution in [0.25, 0.3) is 0 Å². The maximum absolute atomic E-state index is 13.2. The van der Waals surface area contributed by atoms with Crippen molar-refractivity contribution in [1.29, 1.82) is 0 Å². The Kier molecular flexibility index (Phi) is 5.29. The summed E-state index contributed by atoms with van der Waals surface area (Å²) in [6, 6.07) is 9.19. The number of rotatable bonds is 3. The molecule has 0 bridgehead atoms. The van der Waals surface area contributed by atoms with Gasteiger partial charge in [-0.15, -0.1) is 12.4 Å². The van der Waals surface area contributed by atoms with E-state index in [1.807, 2.05) is 0 Å². The van der Waals surface area contributed by atoms with Crippen LogP contribution < -0.4 is 5.32 Å². The number of phenols is 1. The molecule has 2 N–H and O–H groups in total. The van der Waals surface area contributed by atoms with Crippen molar-refractivity contribution in [3.8, 4) is 5.75 Å². The molecule has 4 nitrogen and oxygen atoms in total. The Labute approximate surface area is 140 Å². The monoisotopic (exact) mass is 357 g/mol. The molecular formula is C16H17ClFNO3S. The number of benzene rings is 2. The van der Waals surface area contributed by atoms with E-state index in [9.17, 15) is 17.9 Å². The lowest BCUT2D eigenvalue weighted by Crippen LogP contribution is -2.08. The van der Waals surface area contributed by atoms with Crippen LogP contribution in [0, 0.1) is 5.82 Å². The van der Waals surface area contributed by atoms with Gasteiger partial charge in [0.1, 0.15) is 11.6 Å². The van der Waals surface area contributed by atoms with Crippen LogP contribution in [0.4, 0.5) is 4.39 Å². The smallest absolute Gasteiger partial charge is 0.206 e. The Bertz CT molecular complexity index is 805. The summed E-state index contributed by atoms with van der Waals surface area (Å²) in [5.41, 5.74) is 0.739. The second-order valence-electron chi connectivity index (χ2n) is 5.37. The molecule has 0 spiro atoms. The van der Waals surface area contributed by atoms with Crippen molar-refractivity contribution < 1.29 is 17.9 Å². The van der Waals surface area contributed by atoms with E-state index in [1.54, 1.807) is 6.07 Å². The van der Waals surface area contributed by atoms with Crippen molar-refractivity contribution in [2.24, 2.45) is 0 Å². The Morgan fingerprint density at radius 1 is 1.13 bits per heavy atom. The standard InChI is InChI=1S/C16H16FNO3S.ClH/c17-12-2-1-3-13(8-12)22(20,21)14-4-5-15(16(19)9-14)11-6-7-18-10-11;/h1-5,8-9,11,18-19H,6-7,10H2;1H. The maximum Gasteiger partial charge on any atom is 0.206 e.